The summed E-state index contributed by atoms with van der Waals surface area (Å²) in [7, 11) is 3.78. The number of carbonyl (C=O) groups excluding carboxylic acids is 2. The number of hydrogen-bond donors (Lipinski definition) is 0. The lowest BCUT2D eigenvalue weighted by Gasteiger charge is -2.30. The van der Waals surface area contributed by atoms with Crippen molar-refractivity contribution in [1.29, 1.82) is 0 Å². The maximum Gasteiger partial charge on any atom is 0.323 e. The molecule has 0 fully saturated rings. The van der Waals surface area contributed by atoms with Crippen LogP contribution in [0.25, 0.3) is 0 Å². The van der Waals surface area contributed by atoms with Crippen LogP contribution in [-0.4, -0.2) is 50.7 Å². The van der Waals surface area contributed by atoms with E-state index in [1.165, 1.54) is 0 Å². The predicted molar refractivity (Wildman–Crippen MR) is 94.0 cm³/mol. The highest BCUT2D eigenvalue weighted by Gasteiger charge is 2.48. The minimum atomic E-state index is -1.37. The highest BCUT2D eigenvalue weighted by atomic mass is 35.5. The van der Waals surface area contributed by atoms with E-state index in [2.05, 4.69) is 0 Å². The fourth-order valence-electron chi connectivity index (χ4n) is 2.47. The number of ether oxygens (including phenoxy) is 2. The molecule has 1 aromatic rings. The van der Waals surface area contributed by atoms with Gasteiger partial charge in [-0.25, -0.2) is 0 Å². The Morgan fingerprint density at radius 1 is 1.12 bits per heavy atom. The van der Waals surface area contributed by atoms with Crippen molar-refractivity contribution in [2.75, 3.05) is 33.9 Å². The minimum absolute atomic E-state index is 0.194. The first-order valence-electron chi connectivity index (χ1n) is 8.09. The molecule has 0 aliphatic carbocycles. The maximum absolute atomic E-state index is 12.7. The first-order valence-corrected chi connectivity index (χ1v) is 8.47. The Bertz CT molecular complexity index is 542. The van der Waals surface area contributed by atoms with E-state index in [1.54, 1.807) is 32.0 Å². The SMILES string of the molecule is CCOC(=O)C(CCN(C)C)(Cc1cccc(Cl)c1)C(=O)OCC. The van der Waals surface area contributed by atoms with E-state index in [4.69, 9.17) is 21.1 Å². The van der Waals surface area contributed by atoms with Crippen molar-refractivity contribution in [3.63, 3.8) is 0 Å². The molecule has 0 bridgehead atoms. The topological polar surface area (TPSA) is 55.8 Å². The summed E-state index contributed by atoms with van der Waals surface area (Å²) in [5, 5.41) is 0.557. The van der Waals surface area contributed by atoms with Crippen LogP contribution in [0.15, 0.2) is 24.3 Å². The van der Waals surface area contributed by atoms with Gasteiger partial charge in [0, 0.05) is 5.02 Å². The smallest absolute Gasteiger partial charge is 0.323 e. The van der Waals surface area contributed by atoms with Crippen LogP contribution in [0.2, 0.25) is 5.02 Å². The first kappa shape index (κ1) is 20.5. The van der Waals surface area contributed by atoms with Crippen LogP contribution in [-0.2, 0) is 25.5 Å². The Hall–Kier alpha value is -1.59. The van der Waals surface area contributed by atoms with Gasteiger partial charge in [-0.2, -0.15) is 0 Å². The third kappa shape index (κ3) is 5.49. The average molecular weight is 356 g/mol. The molecule has 0 radical (unpaired) electrons. The third-order valence-corrected chi connectivity index (χ3v) is 3.95. The van der Waals surface area contributed by atoms with Crippen molar-refractivity contribution in [3.05, 3.63) is 34.9 Å². The normalized spacial score (nSPS) is 11.4. The zero-order valence-corrected chi connectivity index (χ0v) is 15.6. The number of nitrogens with zero attached hydrogens (tertiary/aromatic N) is 1. The Morgan fingerprint density at radius 3 is 2.17 bits per heavy atom. The van der Waals surface area contributed by atoms with E-state index in [0.29, 0.717) is 18.0 Å². The molecule has 5 nitrogen and oxygen atoms in total. The second-order valence-corrected chi connectivity index (χ2v) is 6.32. The van der Waals surface area contributed by atoms with Gasteiger partial charge in [-0.3, -0.25) is 9.59 Å². The molecule has 0 unspecified atom stereocenters. The van der Waals surface area contributed by atoms with E-state index in [1.807, 2.05) is 25.1 Å². The Balaban J connectivity index is 3.26. The quantitative estimate of drug-likeness (QED) is 0.503. The molecule has 6 heteroatoms. The molecule has 0 amide bonds. The zero-order chi connectivity index (χ0) is 18.2. The number of hydrogen-bond acceptors (Lipinski definition) is 5. The van der Waals surface area contributed by atoms with Crippen LogP contribution in [0, 0.1) is 5.41 Å². The highest BCUT2D eigenvalue weighted by Crippen LogP contribution is 2.32. The summed E-state index contributed by atoms with van der Waals surface area (Å²) >= 11 is 6.04. The van der Waals surface area contributed by atoms with Gasteiger partial charge in [0.15, 0.2) is 5.41 Å². The lowest BCUT2D eigenvalue weighted by atomic mass is 9.78. The number of esters is 2. The monoisotopic (exact) mass is 355 g/mol. The maximum atomic E-state index is 12.7. The molecule has 0 aromatic heterocycles. The predicted octanol–water partition coefficient (Wildman–Crippen LogP) is 2.95. The molecule has 1 aromatic carbocycles. The van der Waals surface area contributed by atoms with Crippen molar-refractivity contribution in [2.45, 2.75) is 26.7 Å². The molecular weight excluding hydrogens is 330 g/mol. The largest absolute Gasteiger partial charge is 0.465 e. The van der Waals surface area contributed by atoms with Crippen molar-refractivity contribution < 1.29 is 19.1 Å². The number of rotatable bonds is 9. The van der Waals surface area contributed by atoms with E-state index in [-0.39, 0.29) is 19.6 Å². The lowest BCUT2D eigenvalue weighted by Crippen LogP contribution is -2.45. The van der Waals surface area contributed by atoms with Crippen molar-refractivity contribution in [1.82, 2.24) is 4.90 Å². The molecule has 134 valence electrons. The van der Waals surface area contributed by atoms with Gasteiger partial charge >= 0.3 is 11.9 Å². The van der Waals surface area contributed by atoms with Gasteiger partial charge in [-0.1, -0.05) is 23.7 Å². The summed E-state index contributed by atoms with van der Waals surface area (Å²) in [6, 6.07) is 7.14. The van der Waals surface area contributed by atoms with E-state index in [0.717, 1.165) is 5.56 Å². The standard InChI is InChI=1S/C18H26ClNO4/c1-5-23-16(21)18(10-11-20(3)4,17(22)24-6-2)13-14-8-7-9-15(19)12-14/h7-9,12H,5-6,10-11,13H2,1-4H3. The van der Waals surface area contributed by atoms with Crippen LogP contribution < -0.4 is 0 Å². The minimum Gasteiger partial charge on any atom is -0.465 e. The van der Waals surface area contributed by atoms with E-state index >= 15 is 0 Å². The van der Waals surface area contributed by atoms with Crippen LogP contribution in [0.5, 0.6) is 0 Å². The molecule has 0 saturated carbocycles. The molecular formula is C18H26ClNO4. The molecule has 0 N–H and O–H groups in total. The highest BCUT2D eigenvalue weighted by molar-refractivity contribution is 6.30. The number of halogens is 1. The summed E-state index contributed by atoms with van der Waals surface area (Å²) in [6.07, 6.45) is 0.503. The summed E-state index contributed by atoms with van der Waals surface area (Å²) in [5.41, 5.74) is -0.580. The molecule has 0 atom stereocenters. The van der Waals surface area contributed by atoms with Crippen LogP contribution in [0.4, 0.5) is 0 Å². The molecule has 0 saturated heterocycles. The summed E-state index contributed by atoms with van der Waals surface area (Å²) < 4.78 is 10.4. The molecule has 24 heavy (non-hydrogen) atoms. The van der Waals surface area contributed by atoms with Crippen LogP contribution in [0.3, 0.4) is 0 Å². The molecule has 0 heterocycles. The summed E-state index contributed by atoms with van der Waals surface area (Å²) in [6.45, 7) is 4.41. The fourth-order valence-corrected chi connectivity index (χ4v) is 2.68. The summed E-state index contributed by atoms with van der Waals surface area (Å²) in [5.74, 6) is -1.10. The van der Waals surface area contributed by atoms with Gasteiger partial charge < -0.3 is 14.4 Å². The van der Waals surface area contributed by atoms with Gasteiger partial charge in [0.1, 0.15) is 0 Å². The number of carbonyl (C=O) groups is 2. The second kappa shape index (κ2) is 9.64. The lowest BCUT2D eigenvalue weighted by molar-refractivity contribution is -0.173. The van der Waals surface area contributed by atoms with Crippen LogP contribution >= 0.6 is 11.6 Å². The summed E-state index contributed by atoms with van der Waals surface area (Å²) in [4.78, 5) is 27.3. The Morgan fingerprint density at radius 2 is 1.71 bits per heavy atom. The number of benzene rings is 1. The van der Waals surface area contributed by atoms with Crippen LogP contribution in [0.1, 0.15) is 25.8 Å². The molecule has 0 spiro atoms. The third-order valence-electron chi connectivity index (χ3n) is 3.71. The first-order chi connectivity index (χ1) is 11.4. The van der Waals surface area contributed by atoms with Gasteiger partial charge in [0.25, 0.3) is 0 Å². The van der Waals surface area contributed by atoms with E-state index < -0.39 is 17.4 Å². The molecule has 0 aliphatic rings. The van der Waals surface area contributed by atoms with Crippen molar-refractivity contribution >= 4 is 23.5 Å². The van der Waals surface area contributed by atoms with Gasteiger partial charge in [-0.15, -0.1) is 0 Å². The van der Waals surface area contributed by atoms with Gasteiger partial charge in [0.05, 0.1) is 13.2 Å². The second-order valence-electron chi connectivity index (χ2n) is 5.88. The van der Waals surface area contributed by atoms with Gasteiger partial charge in [0.2, 0.25) is 0 Å². The van der Waals surface area contributed by atoms with Gasteiger partial charge in [-0.05, 0) is 65.0 Å². The molecule has 0 aliphatic heterocycles. The average Bonchev–Trinajstić information content (AvgIpc) is 2.51. The van der Waals surface area contributed by atoms with Crippen molar-refractivity contribution in [3.8, 4) is 0 Å². The van der Waals surface area contributed by atoms with Crippen molar-refractivity contribution in [2.24, 2.45) is 5.41 Å². The fraction of sp³-hybridized carbons (Fsp3) is 0.556. The van der Waals surface area contributed by atoms with E-state index in [9.17, 15) is 9.59 Å². The Kier molecular flexibility index (Phi) is 8.22. The zero-order valence-electron chi connectivity index (χ0n) is 14.8. The molecule has 1 rings (SSSR count). The Labute approximate surface area is 148 Å².